The van der Waals surface area contributed by atoms with Gasteiger partial charge in [0.05, 0.1) is 5.39 Å². The van der Waals surface area contributed by atoms with Crippen LogP contribution in [0.25, 0.3) is 11.0 Å². The zero-order valence-electron chi connectivity index (χ0n) is 16.1. The van der Waals surface area contributed by atoms with Crippen LogP contribution in [-0.2, 0) is 5.75 Å². The van der Waals surface area contributed by atoms with E-state index in [1.165, 1.54) is 22.5 Å². The average Bonchev–Trinajstić information content (AvgIpc) is 3.15. The van der Waals surface area contributed by atoms with Crippen LogP contribution in [0.3, 0.4) is 0 Å². The summed E-state index contributed by atoms with van der Waals surface area (Å²) < 4.78 is 6.35. The number of hydrogen-bond donors (Lipinski definition) is 1. The lowest BCUT2D eigenvalue weighted by Gasteiger charge is -2.04. The second kappa shape index (κ2) is 8.59. The topological polar surface area (TPSA) is 85.1 Å². The van der Waals surface area contributed by atoms with Gasteiger partial charge in [0.2, 0.25) is 5.13 Å². The van der Waals surface area contributed by atoms with Crippen molar-refractivity contribution < 1.29 is 9.21 Å². The molecule has 0 radical (unpaired) electrons. The monoisotopic (exact) mass is 457 g/mol. The predicted octanol–water partition coefficient (Wildman–Crippen LogP) is 5.46. The first-order valence-corrected chi connectivity index (χ1v) is 11.1. The molecule has 0 saturated carbocycles. The van der Waals surface area contributed by atoms with Crippen molar-refractivity contribution in [1.29, 1.82) is 0 Å². The molecule has 2 aromatic carbocycles. The van der Waals surface area contributed by atoms with Crippen LogP contribution in [0.5, 0.6) is 0 Å². The summed E-state index contributed by atoms with van der Waals surface area (Å²) in [5, 5.41) is 11.9. The van der Waals surface area contributed by atoms with Gasteiger partial charge in [0.25, 0.3) is 5.91 Å². The molecule has 0 unspecified atom stereocenters. The van der Waals surface area contributed by atoms with Crippen LogP contribution >= 0.6 is 34.7 Å². The molecule has 30 heavy (non-hydrogen) atoms. The van der Waals surface area contributed by atoms with Crippen LogP contribution in [0.4, 0.5) is 5.13 Å². The SMILES string of the molecule is Cc1cccc(CSc2nnc(NC(=O)c3cc(=O)c4cc(Cl)c(C)cc4o3)s2)c1. The first kappa shape index (κ1) is 20.6. The van der Waals surface area contributed by atoms with Crippen molar-refractivity contribution in [3.63, 3.8) is 0 Å². The Bertz CT molecular complexity index is 1320. The second-order valence-corrected chi connectivity index (χ2v) is 9.28. The summed E-state index contributed by atoms with van der Waals surface area (Å²) in [4.78, 5) is 24.9. The maximum Gasteiger partial charge on any atom is 0.293 e. The number of halogens is 1. The Kier molecular flexibility index (Phi) is 5.90. The normalized spacial score (nSPS) is 11.0. The largest absolute Gasteiger partial charge is 0.451 e. The van der Waals surface area contributed by atoms with Crippen LogP contribution in [0.15, 0.2) is 56.0 Å². The predicted molar refractivity (Wildman–Crippen MR) is 121 cm³/mol. The van der Waals surface area contributed by atoms with Crippen molar-refractivity contribution >= 4 is 56.7 Å². The van der Waals surface area contributed by atoms with Gasteiger partial charge in [-0.1, -0.05) is 64.5 Å². The van der Waals surface area contributed by atoms with Gasteiger partial charge in [-0.25, -0.2) is 0 Å². The minimum atomic E-state index is -0.562. The molecule has 0 aliphatic carbocycles. The highest BCUT2D eigenvalue weighted by atomic mass is 35.5. The first-order chi connectivity index (χ1) is 14.4. The molecule has 152 valence electrons. The van der Waals surface area contributed by atoms with Gasteiger partial charge in [0, 0.05) is 16.8 Å². The Morgan fingerprint density at radius 2 is 2.03 bits per heavy atom. The van der Waals surface area contributed by atoms with E-state index in [0.717, 1.165) is 21.7 Å². The average molecular weight is 458 g/mol. The molecule has 2 aromatic heterocycles. The number of carbonyl (C=O) groups excluding carboxylic acids is 1. The van der Waals surface area contributed by atoms with Crippen molar-refractivity contribution in [1.82, 2.24) is 10.2 Å². The number of fused-ring (bicyclic) bond motifs is 1. The lowest BCUT2D eigenvalue weighted by atomic mass is 10.1. The highest BCUT2D eigenvalue weighted by Gasteiger charge is 2.16. The molecule has 4 rings (SSSR count). The van der Waals surface area contributed by atoms with Gasteiger partial charge in [-0.3, -0.25) is 14.9 Å². The number of amides is 1. The lowest BCUT2D eigenvalue weighted by molar-refractivity contribution is 0.0997. The van der Waals surface area contributed by atoms with E-state index in [-0.39, 0.29) is 11.2 Å². The first-order valence-electron chi connectivity index (χ1n) is 8.96. The third-order valence-electron chi connectivity index (χ3n) is 4.30. The van der Waals surface area contributed by atoms with Crippen LogP contribution in [0.1, 0.15) is 27.2 Å². The maximum absolute atomic E-state index is 12.6. The summed E-state index contributed by atoms with van der Waals surface area (Å²) in [5.41, 5.74) is 3.11. The fourth-order valence-corrected chi connectivity index (χ4v) is 4.67. The molecule has 6 nitrogen and oxygen atoms in total. The Labute approximate surface area is 185 Å². The number of rotatable bonds is 5. The van der Waals surface area contributed by atoms with E-state index >= 15 is 0 Å². The molecular weight excluding hydrogens is 442 g/mol. The second-order valence-electron chi connectivity index (χ2n) is 6.68. The van der Waals surface area contributed by atoms with Gasteiger partial charge in [-0.2, -0.15) is 0 Å². The van der Waals surface area contributed by atoms with Gasteiger partial charge < -0.3 is 4.42 Å². The summed E-state index contributed by atoms with van der Waals surface area (Å²) >= 11 is 8.87. The zero-order chi connectivity index (χ0) is 21.3. The molecule has 0 aliphatic heterocycles. The summed E-state index contributed by atoms with van der Waals surface area (Å²) in [6.07, 6.45) is 0. The van der Waals surface area contributed by atoms with Gasteiger partial charge >= 0.3 is 0 Å². The fraction of sp³-hybridized carbons (Fsp3) is 0.143. The van der Waals surface area contributed by atoms with Crippen LogP contribution in [0.2, 0.25) is 5.02 Å². The number of aromatic nitrogens is 2. The third kappa shape index (κ3) is 4.56. The summed E-state index contributed by atoms with van der Waals surface area (Å²) in [5.74, 6) is 0.0949. The standard InChI is InChI=1S/C21H16ClN3O3S2/c1-11-4-3-5-13(6-11)10-29-21-25-24-20(30-21)23-19(27)18-9-16(26)14-8-15(22)12(2)7-17(14)28-18/h3-9H,10H2,1-2H3,(H,23,24,27). The summed E-state index contributed by atoms with van der Waals surface area (Å²) in [7, 11) is 0. The van der Waals surface area contributed by atoms with E-state index in [2.05, 4.69) is 27.6 Å². The molecular formula is C21H16ClN3O3S2. The highest BCUT2D eigenvalue weighted by Crippen LogP contribution is 2.29. The number of carbonyl (C=O) groups is 1. The molecule has 0 spiro atoms. The van der Waals surface area contributed by atoms with Gasteiger partial charge in [-0.15, -0.1) is 10.2 Å². The van der Waals surface area contributed by atoms with E-state index in [1.807, 2.05) is 19.1 Å². The molecule has 9 heteroatoms. The number of aryl methyl sites for hydroxylation is 2. The van der Waals surface area contributed by atoms with E-state index in [0.29, 0.717) is 21.1 Å². The molecule has 0 bridgehead atoms. The van der Waals surface area contributed by atoms with Crippen LogP contribution < -0.4 is 10.7 Å². The molecule has 1 amide bonds. The molecule has 0 saturated heterocycles. The Balaban J connectivity index is 1.48. The molecule has 0 fully saturated rings. The van der Waals surface area contributed by atoms with Gasteiger partial charge in [-0.05, 0) is 37.1 Å². The smallest absolute Gasteiger partial charge is 0.293 e. The van der Waals surface area contributed by atoms with Gasteiger partial charge in [0.1, 0.15) is 5.58 Å². The zero-order valence-corrected chi connectivity index (χ0v) is 18.5. The lowest BCUT2D eigenvalue weighted by Crippen LogP contribution is -2.15. The van der Waals surface area contributed by atoms with Crippen molar-refractivity contribution in [3.8, 4) is 0 Å². The number of nitrogens with zero attached hydrogens (tertiary/aromatic N) is 2. The summed E-state index contributed by atoms with van der Waals surface area (Å²) in [6.45, 7) is 3.85. The maximum atomic E-state index is 12.6. The number of nitrogens with one attached hydrogen (secondary N) is 1. The number of thioether (sulfide) groups is 1. The van der Waals surface area contributed by atoms with Crippen molar-refractivity contribution in [2.75, 3.05) is 5.32 Å². The number of anilines is 1. The van der Waals surface area contributed by atoms with E-state index in [4.69, 9.17) is 16.0 Å². The molecule has 0 aliphatic rings. The van der Waals surface area contributed by atoms with E-state index < -0.39 is 5.91 Å². The quantitative estimate of drug-likeness (QED) is 0.316. The molecule has 1 N–H and O–H groups in total. The van der Waals surface area contributed by atoms with Crippen LogP contribution in [-0.4, -0.2) is 16.1 Å². The highest BCUT2D eigenvalue weighted by molar-refractivity contribution is 8.00. The Hall–Kier alpha value is -2.68. The van der Waals surface area contributed by atoms with E-state index in [9.17, 15) is 9.59 Å². The summed E-state index contributed by atoms with van der Waals surface area (Å²) in [6, 6.07) is 12.6. The minimum Gasteiger partial charge on any atom is -0.451 e. The third-order valence-corrected chi connectivity index (χ3v) is 6.75. The molecule has 0 atom stereocenters. The van der Waals surface area contributed by atoms with Crippen molar-refractivity contribution in [2.24, 2.45) is 0 Å². The molecule has 4 aromatic rings. The van der Waals surface area contributed by atoms with Crippen molar-refractivity contribution in [2.45, 2.75) is 23.9 Å². The van der Waals surface area contributed by atoms with Crippen molar-refractivity contribution in [3.05, 3.63) is 80.2 Å². The fourth-order valence-electron chi connectivity index (χ4n) is 2.81. The Morgan fingerprint density at radius 3 is 2.83 bits per heavy atom. The van der Waals surface area contributed by atoms with Crippen LogP contribution in [0, 0.1) is 13.8 Å². The minimum absolute atomic E-state index is 0.0987. The van der Waals surface area contributed by atoms with Gasteiger partial charge in [0.15, 0.2) is 15.5 Å². The molecule has 2 heterocycles. The number of benzene rings is 2. The number of hydrogen-bond acceptors (Lipinski definition) is 7. The van der Waals surface area contributed by atoms with E-state index in [1.54, 1.807) is 30.8 Å². The Morgan fingerprint density at radius 1 is 1.20 bits per heavy atom.